The van der Waals surface area contributed by atoms with Crippen LogP contribution in [0.15, 0.2) is 30.3 Å². The predicted octanol–water partition coefficient (Wildman–Crippen LogP) is 3.46. The minimum atomic E-state index is -0.337. The Hall–Kier alpha value is -1.68. The van der Waals surface area contributed by atoms with Crippen molar-refractivity contribution in [2.24, 2.45) is 5.41 Å². The van der Waals surface area contributed by atoms with Gasteiger partial charge in [0.2, 0.25) is 0 Å². The minimum absolute atomic E-state index is 0.0965. The highest BCUT2D eigenvalue weighted by molar-refractivity contribution is 5.86. The molecule has 0 aliphatic carbocycles. The van der Waals surface area contributed by atoms with Crippen molar-refractivity contribution in [3.63, 3.8) is 0 Å². The molecule has 4 heteroatoms. The van der Waals surface area contributed by atoms with Gasteiger partial charge in [-0.2, -0.15) is 0 Å². The van der Waals surface area contributed by atoms with E-state index in [4.69, 9.17) is 4.74 Å². The summed E-state index contributed by atoms with van der Waals surface area (Å²) in [6, 6.07) is 9.85. The lowest BCUT2D eigenvalue weighted by Crippen LogP contribution is -2.40. The molecule has 0 spiro atoms. The lowest BCUT2D eigenvalue weighted by atomic mass is 9.73. The third-order valence-corrected chi connectivity index (χ3v) is 4.95. The second-order valence-corrected chi connectivity index (χ2v) is 7.71. The fraction of sp³-hybridized carbons (Fsp3) is 0.600. The van der Waals surface area contributed by atoms with Gasteiger partial charge in [-0.1, -0.05) is 51.1 Å². The number of benzene rings is 1. The molecule has 1 aromatic rings. The van der Waals surface area contributed by atoms with Crippen molar-refractivity contribution >= 4 is 11.8 Å². The van der Waals surface area contributed by atoms with Gasteiger partial charge in [0.25, 0.3) is 0 Å². The summed E-state index contributed by atoms with van der Waals surface area (Å²) in [5.41, 5.74) is 1.38. The number of Topliss-reactive ketones (excluding diaryl/α,β-unsaturated/α-hetero) is 1. The number of carbonyl (C=O) groups excluding carboxylic acids is 2. The number of ether oxygens (including phenoxy) is 1. The molecule has 1 aromatic carbocycles. The number of hydrogen-bond donors (Lipinski definition) is 1. The Morgan fingerprint density at radius 3 is 2.38 bits per heavy atom. The summed E-state index contributed by atoms with van der Waals surface area (Å²) in [6.45, 7) is 6.66. The van der Waals surface area contributed by atoms with E-state index in [0.717, 1.165) is 6.42 Å². The molecule has 0 bridgehead atoms. The molecule has 2 rings (SSSR count). The van der Waals surface area contributed by atoms with E-state index in [1.807, 2.05) is 6.07 Å². The first-order chi connectivity index (χ1) is 11.3. The van der Waals surface area contributed by atoms with E-state index in [-0.39, 0.29) is 29.3 Å². The van der Waals surface area contributed by atoms with Crippen LogP contribution in [0, 0.1) is 5.41 Å². The maximum atomic E-state index is 12.5. The van der Waals surface area contributed by atoms with E-state index >= 15 is 0 Å². The van der Waals surface area contributed by atoms with E-state index in [1.54, 1.807) is 0 Å². The Morgan fingerprint density at radius 2 is 1.79 bits per heavy atom. The molecule has 1 fully saturated rings. The van der Waals surface area contributed by atoms with Crippen molar-refractivity contribution in [3.05, 3.63) is 35.9 Å². The Labute approximate surface area is 145 Å². The van der Waals surface area contributed by atoms with Crippen LogP contribution in [0.1, 0.15) is 57.9 Å². The summed E-state index contributed by atoms with van der Waals surface area (Å²) in [6.07, 6.45) is 2.74. The second-order valence-electron chi connectivity index (χ2n) is 7.71. The topological polar surface area (TPSA) is 55.4 Å². The average molecular weight is 331 g/mol. The number of nitrogens with one attached hydrogen (secondary N) is 1. The molecule has 0 amide bonds. The Kier molecular flexibility index (Phi) is 6.16. The van der Waals surface area contributed by atoms with Crippen LogP contribution in [0.2, 0.25) is 0 Å². The van der Waals surface area contributed by atoms with E-state index in [9.17, 15) is 9.59 Å². The molecule has 3 unspecified atom stereocenters. The lowest BCUT2D eigenvalue weighted by molar-refractivity contribution is -0.142. The summed E-state index contributed by atoms with van der Waals surface area (Å²) in [5, 5.41) is 3.12. The van der Waals surface area contributed by atoms with Crippen LogP contribution < -0.4 is 5.32 Å². The first kappa shape index (κ1) is 18.7. The molecule has 0 saturated carbocycles. The van der Waals surface area contributed by atoms with Crippen LogP contribution in [-0.4, -0.2) is 30.9 Å². The number of esters is 1. The number of rotatable bonds is 6. The molecule has 132 valence electrons. The standard InChI is InChI=1S/C20H29NO3/c1-20(2,3)15(14-8-6-5-7-9-14)10-13-18(22)16-11-12-17(21-16)19(23)24-4/h5-9,15-17,21H,10-13H2,1-4H3. The maximum Gasteiger partial charge on any atom is 0.322 e. The molecular formula is C20H29NO3. The zero-order valence-electron chi connectivity index (χ0n) is 15.2. The maximum absolute atomic E-state index is 12.5. The highest BCUT2D eigenvalue weighted by Crippen LogP contribution is 2.38. The number of ketones is 1. The van der Waals surface area contributed by atoms with Crippen molar-refractivity contribution in [1.82, 2.24) is 5.32 Å². The van der Waals surface area contributed by atoms with E-state index < -0.39 is 0 Å². The second kappa shape index (κ2) is 7.93. The lowest BCUT2D eigenvalue weighted by Gasteiger charge is -2.31. The van der Waals surface area contributed by atoms with Gasteiger partial charge >= 0.3 is 5.97 Å². The Morgan fingerprint density at radius 1 is 1.17 bits per heavy atom. The van der Waals surface area contributed by atoms with Gasteiger partial charge in [-0.15, -0.1) is 0 Å². The minimum Gasteiger partial charge on any atom is -0.468 e. The summed E-state index contributed by atoms with van der Waals surface area (Å²) >= 11 is 0. The molecule has 4 nitrogen and oxygen atoms in total. The van der Waals surface area contributed by atoms with Gasteiger partial charge in [0.1, 0.15) is 11.8 Å². The monoisotopic (exact) mass is 331 g/mol. The molecular weight excluding hydrogens is 302 g/mol. The smallest absolute Gasteiger partial charge is 0.322 e. The van der Waals surface area contributed by atoms with Crippen LogP contribution in [0.5, 0.6) is 0 Å². The Bertz CT molecular complexity index is 562. The summed E-state index contributed by atoms with van der Waals surface area (Å²) < 4.78 is 4.75. The van der Waals surface area contributed by atoms with E-state index in [2.05, 4.69) is 50.4 Å². The fourth-order valence-electron chi connectivity index (χ4n) is 3.57. The van der Waals surface area contributed by atoms with Crippen LogP contribution in [-0.2, 0) is 14.3 Å². The van der Waals surface area contributed by atoms with E-state index in [0.29, 0.717) is 25.2 Å². The van der Waals surface area contributed by atoms with Gasteiger partial charge in [-0.25, -0.2) is 0 Å². The molecule has 0 aromatic heterocycles. The van der Waals surface area contributed by atoms with Crippen LogP contribution in [0.25, 0.3) is 0 Å². The predicted molar refractivity (Wildman–Crippen MR) is 94.8 cm³/mol. The Balaban J connectivity index is 1.95. The molecule has 1 aliphatic rings. The van der Waals surface area contributed by atoms with Crippen LogP contribution in [0.4, 0.5) is 0 Å². The average Bonchev–Trinajstić information content (AvgIpc) is 3.04. The number of carbonyl (C=O) groups is 2. The highest BCUT2D eigenvalue weighted by atomic mass is 16.5. The highest BCUT2D eigenvalue weighted by Gasteiger charge is 2.34. The van der Waals surface area contributed by atoms with Crippen LogP contribution >= 0.6 is 0 Å². The summed E-state index contributed by atoms with van der Waals surface area (Å²) in [4.78, 5) is 24.1. The third-order valence-electron chi connectivity index (χ3n) is 4.95. The van der Waals surface area contributed by atoms with Gasteiger partial charge in [0.15, 0.2) is 0 Å². The molecule has 1 saturated heterocycles. The van der Waals surface area contributed by atoms with Gasteiger partial charge in [-0.05, 0) is 36.2 Å². The molecule has 1 N–H and O–H groups in total. The van der Waals surface area contributed by atoms with Crippen LogP contribution in [0.3, 0.4) is 0 Å². The normalized spacial score (nSPS) is 22.2. The molecule has 1 heterocycles. The van der Waals surface area contributed by atoms with Crippen molar-refractivity contribution in [2.75, 3.05) is 7.11 Å². The number of methoxy groups -OCH3 is 1. The van der Waals surface area contributed by atoms with E-state index in [1.165, 1.54) is 12.7 Å². The zero-order chi connectivity index (χ0) is 17.7. The summed E-state index contributed by atoms with van der Waals surface area (Å²) in [7, 11) is 1.38. The van der Waals surface area contributed by atoms with Crippen molar-refractivity contribution in [1.29, 1.82) is 0 Å². The third kappa shape index (κ3) is 4.67. The molecule has 0 radical (unpaired) electrons. The largest absolute Gasteiger partial charge is 0.468 e. The zero-order valence-corrected chi connectivity index (χ0v) is 15.2. The summed E-state index contributed by atoms with van der Waals surface area (Å²) in [5.74, 6) is 0.259. The molecule has 1 aliphatic heterocycles. The SMILES string of the molecule is COC(=O)C1CCC(C(=O)CCC(c2ccccc2)C(C)(C)C)N1. The quantitative estimate of drug-likeness (QED) is 0.811. The van der Waals surface area contributed by atoms with Gasteiger partial charge < -0.3 is 4.74 Å². The number of hydrogen-bond acceptors (Lipinski definition) is 4. The van der Waals surface area contributed by atoms with Crippen molar-refractivity contribution in [3.8, 4) is 0 Å². The first-order valence-electron chi connectivity index (χ1n) is 8.74. The van der Waals surface area contributed by atoms with Crippen molar-refractivity contribution in [2.45, 2.75) is 64.5 Å². The molecule has 3 atom stereocenters. The van der Waals surface area contributed by atoms with Gasteiger partial charge in [-0.3, -0.25) is 14.9 Å². The van der Waals surface area contributed by atoms with Crippen molar-refractivity contribution < 1.29 is 14.3 Å². The van der Waals surface area contributed by atoms with Gasteiger partial charge in [0.05, 0.1) is 13.2 Å². The van der Waals surface area contributed by atoms with Gasteiger partial charge in [0, 0.05) is 6.42 Å². The first-order valence-corrected chi connectivity index (χ1v) is 8.74. The molecule has 24 heavy (non-hydrogen) atoms. The fourth-order valence-corrected chi connectivity index (χ4v) is 3.57.